The number of amides is 3. The molecule has 2 aliphatic heterocycles. The first-order valence-electron chi connectivity index (χ1n) is 9.22. The molecule has 0 bridgehead atoms. The molecule has 2 aromatic rings. The Bertz CT molecular complexity index is 1020. The largest absolute Gasteiger partial charge is 0.451 e. The van der Waals surface area contributed by atoms with Gasteiger partial charge in [-0.2, -0.15) is 13.2 Å². The van der Waals surface area contributed by atoms with Crippen molar-refractivity contribution in [3.05, 3.63) is 41.5 Å². The Labute approximate surface area is 168 Å². The summed E-state index contributed by atoms with van der Waals surface area (Å²) in [5, 5.41) is 12.0. The van der Waals surface area contributed by atoms with E-state index in [9.17, 15) is 27.6 Å². The SMILES string of the molecule is O=C1N[C@H](CCC(=O)N2CCn3c(nnc3C(F)(F)F)C2)C(=O)Nc2ccccc21. The fourth-order valence-electron chi connectivity index (χ4n) is 3.52. The van der Waals surface area contributed by atoms with Crippen LogP contribution in [-0.4, -0.2) is 50.0 Å². The molecule has 3 amide bonds. The molecular weight excluding hydrogens is 405 g/mol. The number of aromatic nitrogens is 3. The smallest absolute Gasteiger partial charge is 0.340 e. The number of rotatable bonds is 3. The summed E-state index contributed by atoms with van der Waals surface area (Å²) in [6.07, 6.45) is -4.61. The second kappa shape index (κ2) is 7.43. The summed E-state index contributed by atoms with van der Waals surface area (Å²) in [6, 6.07) is 5.65. The molecule has 0 fully saturated rings. The molecule has 0 saturated carbocycles. The summed E-state index contributed by atoms with van der Waals surface area (Å²) < 4.78 is 39.7. The van der Waals surface area contributed by atoms with E-state index in [-0.39, 0.29) is 44.2 Å². The topological polar surface area (TPSA) is 109 Å². The van der Waals surface area contributed by atoms with E-state index in [2.05, 4.69) is 20.8 Å². The van der Waals surface area contributed by atoms with Crippen LogP contribution < -0.4 is 10.6 Å². The molecule has 158 valence electrons. The summed E-state index contributed by atoms with van der Waals surface area (Å²) in [5.74, 6) is -2.23. The third-order valence-electron chi connectivity index (χ3n) is 5.06. The maximum absolute atomic E-state index is 12.9. The fraction of sp³-hybridized carbons (Fsp3) is 0.389. The van der Waals surface area contributed by atoms with E-state index in [1.807, 2.05) is 0 Å². The van der Waals surface area contributed by atoms with Crippen LogP contribution in [0.1, 0.15) is 34.8 Å². The molecule has 1 aromatic carbocycles. The van der Waals surface area contributed by atoms with Crippen molar-refractivity contribution in [1.29, 1.82) is 0 Å². The number of fused-ring (bicyclic) bond motifs is 2. The molecule has 9 nitrogen and oxygen atoms in total. The lowest BCUT2D eigenvalue weighted by atomic mass is 10.1. The van der Waals surface area contributed by atoms with Crippen LogP contribution in [-0.2, 0) is 28.9 Å². The molecule has 0 radical (unpaired) electrons. The third kappa shape index (κ3) is 3.72. The lowest BCUT2D eigenvalue weighted by molar-refractivity contribution is -0.148. The molecule has 2 aliphatic rings. The Balaban J connectivity index is 1.38. The highest BCUT2D eigenvalue weighted by atomic mass is 19.4. The average Bonchev–Trinajstić information content (AvgIpc) is 3.09. The van der Waals surface area contributed by atoms with Crippen LogP contribution in [0.25, 0.3) is 0 Å². The van der Waals surface area contributed by atoms with Gasteiger partial charge in [-0.05, 0) is 18.6 Å². The number of carbonyl (C=O) groups excluding carboxylic acids is 3. The molecule has 4 rings (SSSR count). The van der Waals surface area contributed by atoms with Crippen LogP contribution in [0, 0.1) is 0 Å². The predicted molar refractivity (Wildman–Crippen MR) is 96.0 cm³/mol. The summed E-state index contributed by atoms with van der Waals surface area (Å²) >= 11 is 0. The Morgan fingerprint density at radius 3 is 2.70 bits per heavy atom. The van der Waals surface area contributed by atoms with Crippen LogP contribution in [0.15, 0.2) is 24.3 Å². The zero-order chi connectivity index (χ0) is 21.5. The van der Waals surface area contributed by atoms with E-state index in [0.29, 0.717) is 11.3 Å². The number of benzene rings is 1. The average molecular weight is 422 g/mol. The molecule has 2 N–H and O–H groups in total. The second-order valence-electron chi connectivity index (χ2n) is 7.00. The van der Waals surface area contributed by atoms with Gasteiger partial charge in [0.15, 0.2) is 5.82 Å². The Kier molecular flexibility index (Phi) is 4.92. The Morgan fingerprint density at radius 2 is 1.93 bits per heavy atom. The van der Waals surface area contributed by atoms with E-state index in [0.717, 1.165) is 4.57 Å². The summed E-state index contributed by atoms with van der Waals surface area (Å²) in [6.45, 7) is -0.100. The highest BCUT2D eigenvalue weighted by Crippen LogP contribution is 2.29. The minimum atomic E-state index is -4.61. The first kappa shape index (κ1) is 19.9. The van der Waals surface area contributed by atoms with E-state index < -0.39 is 29.9 Å². The molecule has 0 saturated heterocycles. The van der Waals surface area contributed by atoms with Gasteiger partial charge in [0, 0.05) is 19.5 Å². The number of anilines is 1. The van der Waals surface area contributed by atoms with Crippen molar-refractivity contribution in [3.63, 3.8) is 0 Å². The quantitative estimate of drug-likeness (QED) is 0.772. The van der Waals surface area contributed by atoms with E-state index in [4.69, 9.17) is 0 Å². The van der Waals surface area contributed by atoms with Crippen molar-refractivity contribution in [3.8, 4) is 0 Å². The molecule has 3 heterocycles. The molecule has 0 unspecified atom stereocenters. The first-order valence-corrected chi connectivity index (χ1v) is 9.22. The number of hydrogen-bond donors (Lipinski definition) is 2. The highest BCUT2D eigenvalue weighted by molar-refractivity contribution is 6.09. The monoisotopic (exact) mass is 422 g/mol. The third-order valence-corrected chi connectivity index (χ3v) is 5.06. The molecule has 1 atom stereocenters. The van der Waals surface area contributed by atoms with Crippen molar-refractivity contribution in [2.24, 2.45) is 0 Å². The maximum Gasteiger partial charge on any atom is 0.451 e. The van der Waals surface area contributed by atoms with Gasteiger partial charge < -0.3 is 20.1 Å². The zero-order valence-electron chi connectivity index (χ0n) is 15.6. The van der Waals surface area contributed by atoms with Gasteiger partial charge in [0.2, 0.25) is 17.6 Å². The molecule has 30 heavy (non-hydrogen) atoms. The number of carbonyl (C=O) groups is 3. The number of nitrogens with one attached hydrogen (secondary N) is 2. The number of halogens is 3. The van der Waals surface area contributed by atoms with E-state index in [1.54, 1.807) is 24.3 Å². The number of para-hydroxylation sites is 1. The van der Waals surface area contributed by atoms with E-state index >= 15 is 0 Å². The van der Waals surface area contributed by atoms with Crippen LogP contribution in [0.5, 0.6) is 0 Å². The van der Waals surface area contributed by atoms with E-state index in [1.165, 1.54) is 4.90 Å². The molecule has 1 aromatic heterocycles. The zero-order valence-corrected chi connectivity index (χ0v) is 15.6. The normalized spacial score (nSPS) is 18.8. The number of nitrogens with zero attached hydrogens (tertiary/aromatic N) is 4. The van der Waals surface area contributed by atoms with Crippen LogP contribution in [0.2, 0.25) is 0 Å². The second-order valence-corrected chi connectivity index (χ2v) is 7.00. The fourth-order valence-corrected chi connectivity index (χ4v) is 3.52. The maximum atomic E-state index is 12.9. The Hall–Kier alpha value is -3.44. The minimum absolute atomic E-state index is 0.0536. The van der Waals surface area contributed by atoms with Gasteiger partial charge in [0.25, 0.3) is 5.91 Å². The van der Waals surface area contributed by atoms with Crippen LogP contribution in [0.4, 0.5) is 18.9 Å². The highest BCUT2D eigenvalue weighted by Gasteiger charge is 2.40. The summed E-state index contributed by atoms with van der Waals surface area (Å²) in [7, 11) is 0. The molecule has 0 spiro atoms. The Morgan fingerprint density at radius 1 is 1.17 bits per heavy atom. The van der Waals surface area contributed by atoms with Gasteiger partial charge >= 0.3 is 6.18 Å². The lowest BCUT2D eigenvalue weighted by Gasteiger charge is -2.28. The van der Waals surface area contributed by atoms with Crippen molar-refractivity contribution in [2.45, 2.75) is 38.1 Å². The van der Waals surface area contributed by atoms with Crippen molar-refractivity contribution in [2.75, 3.05) is 11.9 Å². The molecular formula is C18H17F3N6O3. The van der Waals surface area contributed by atoms with Crippen LogP contribution in [0.3, 0.4) is 0 Å². The molecule has 12 heteroatoms. The van der Waals surface area contributed by atoms with Gasteiger partial charge in [-0.15, -0.1) is 10.2 Å². The standard InChI is InChI=1S/C18H17F3N6O3/c19-18(20,21)17-25-24-13-9-26(7-8-27(13)17)14(28)6-5-12-16(30)22-11-4-2-1-3-10(11)15(29)23-12/h1-4,12H,5-9H2,(H,22,30)(H,23,29)/t12-/m1/s1. The van der Waals surface area contributed by atoms with Gasteiger partial charge in [0.1, 0.15) is 6.04 Å². The minimum Gasteiger partial charge on any atom is -0.340 e. The predicted octanol–water partition coefficient (Wildman–Crippen LogP) is 1.17. The first-order chi connectivity index (χ1) is 14.2. The van der Waals surface area contributed by atoms with Gasteiger partial charge in [-0.1, -0.05) is 12.1 Å². The summed E-state index contributed by atoms with van der Waals surface area (Å²) in [5.41, 5.74) is 0.722. The van der Waals surface area contributed by atoms with Gasteiger partial charge in [-0.25, -0.2) is 0 Å². The number of hydrogen-bond acceptors (Lipinski definition) is 5. The van der Waals surface area contributed by atoms with Gasteiger partial charge in [-0.3, -0.25) is 14.4 Å². The van der Waals surface area contributed by atoms with Crippen molar-refractivity contribution in [1.82, 2.24) is 25.0 Å². The van der Waals surface area contributed by atoms with Crippen LogP contribution >= 0.6 is 0 Å². The van der Waals surface area contributed by atoms with Gasteiger partial charge in [0.05, 0.1) is 17.8 Å². The summed E-state index contributed by atoms with van der Waals surface area (Å²) in [4.78, 5) is 38.6. The lowest BCUT2D eigenvalue weighted by Crippen LogP contribution is -2.43. The van der Waals surface area contributed by atoms with Crippen molar-refractivity contribution < 1.29 is 27.6 Å². The number of alkyl halides is 3. The van der Waals surface area contributed by atoms with Crippen molar-refractivity contribution >= 4 is 23.4 Å². The molecule has 0 aliphatic carbocycles.